The van der Waals surface area contributed by atoms with Gasteiger partial charge in [-0.2, -0.15) is 0 Å². The van der Waals surface area contributed by atoms with Crippen molar-refractivity contribution >= 4 is 22.9 Å². The number of hydrogen-bond acceptors (Lipinski definition) is 5. The number of piperazine rings is 1. The largest absolute Gasteiger partial charge is 0.508 e. The average Bonchev–Trinajstić information content (AvgIpc) is 3.28. The Kier molecular flexibility index (Phi) is 6.12. The minimum absolute atomic E-state index is 0.0466. The Morgan fingerprint density at radius 2 is 1.69 bits per heavy atom. The first-order valence-electron chi connectivity index (χ1n) is 9.83. The van der Waals surface area contributed by atoms with Gasteiger partial charge in [0.15, 0.2) is 0 Å². The van der Waals surface area contributed by atoms with Gasteiger partial charge >= 0.3 is 0 Å². The maximum atomic E-state index is 12.8. The molecule has 0 spiro atoms. The van der Waals surface area contributed by atoms with Crippen molar-refractivity contribution in [3.63, 3.8) is 0 Å². The fourth-order valence-electron chi connectivity index (χ4n) is 3.66. The van der Waals surface area contributed by atoms with Crippen LogP contribution in [0.4, 0.5) is 5.69 Å². The van der Waals surface area contributed by atoms with Crippen molar-refractivity contribution in [3.8, 4) is 5.75 Å². The zero-order chi connectivity index (χ0) is 20.1. The van der Waals surface area contributed by atoms with E-state index in [0.717, 1.165) is 42.3 Å². The molecule has 6 heteroatoms. The van der Waals surface area contributed by atoms with Crippen LogP contribution in [0.3, 0.4) is 0 Å². The van der Waals surface area contributed by atoms with E-state index in [1.165, 1.54) is 0 Å². The first-order valence-corrected chi connectivity index (χ1v) is 10.7. The second-order valence-corrected chi connectivity index (χ2v) is 8.19. The van der Waals surface area contributed by atoms with Crippen LogP contribution in [-0.4, -0.2) is 48.6 Å². The molecular weight excluding hydrogens is 382 g/mol. The number of aromatic hydroxyl groups is 1. The van der Waals surface area contributed by atoms with Gasteiger partial charge in [-0.3, -0.25) is 9.69 Å². The van der Waals surface area contributed by atoms with Crippen LogP contribution in [0.15, 0.2) is 72.1 Å². The Balaban J connectivity index is 1.34. The SMILES string of the molecule is O=C(CN1CCN(c2ccc(O)cc2)CC1)N[C@@H](c1ccccc1)c1cccs1. The minimum Gasteiger partial charge on any atom is -0.508 e. The summed E-state index contributed by atoms with van der Waals surface area (Å²) < 4.78 is 0. The molecule has 0 radical (unpaired) electrons. The number of hydrogen-bond donors (Lipinski definition) is 2. The normalized spacial score (nSPS) is 15.8. The lowest BCUT2D eigenvalue weighted by Crippen LogP contribution is -2.49. The van der Waals surface area contributed by atoms with E-state index >= 15 is 0 Å². The molecule has 150 valence electrons. The van der Waals surface area contributed by atoms with E-state index in [9.17, 15) is 9.90 Å². The number of amides is 1. The number of carbonyl (C=O) groups excluding carboxylic acids is 1. The summed E-state index contributed by atoms with van der Waals surface area (Å²) in [5.41, 5.74) is 2.20. The molecule has 0 saturated carbocycles. The minimum atomic E-state index is -0.109. The van der Waals surface area contributed by atoms with Crippen molar-refractivity contribution in [3.05, 3.63) is 82.6 Å². The molecule has 1 aliphatic heterocycles. The first kappa shape index (κ1) is 19.5. The Morgan fingerprint density at radius 1 is 0.966 bits per heavy atom. The molecule has 1 fully saturated rings. The Morgan fingerprint density at radius 3 is 2.34 bits per heavy atom. The van der Waals surface area contributed by atoms with Crippen LogP contribution in [0.2, 0.25) is 0 Å². The molecule has 3 aromatic rings. The number of thiophene rings is 1. The first-order chi connectivity index (χ1) is 14.2. The van der Waals surface area contributed by atoms with Gasteiger partial charge in [0.05, 0.1) is 12.6 Å². The van der Waals surface area contributed by atoms with Crippen molar-refractivity contribution in [2.45, 2.75) is 6.04 Å². The third kappa shape index (κ3) is 4.96. The van der Waals surface area contributed by atoms with Crippen molar-refractivity contribution < 1.29 is 9.90 Å². The zero-order valence-corrected chi connectivity index (χ0v) is 17.0. The van der Waals surface area contributed by atoms with Crippen LogP contribution in [0.5, 0.6) is 5.75 Å². The second kappa shape index (κ2) is 9.11. The highest BCUT2D eigenvalue weighted by molar-refractivity contribution is 7.10. The molecular formula is C23H25N3O2S. The maximum Gasteiger partial charge on any atom is 0.234 e. The quantitative estimate of drug-likeness (QED) is 0.657. The van der Waals surface area contributed by atoms with E-state index in [1.807, 2.05) is 41.8 Å². The predicted molar refractivity (Wildman–Crippen MR) is 118 cm³/mol. The standard InChI is InChI=1S/C23H25N3O2S/c27-20-10-8-19(9-11-20)26-14-12-25(13-15-26)17-22(28)24-23(21-7-4-16-29-21)18-5-2-1-3-6-18/h1-11,16,23,27H,12-15,17H2,(H,24,28)/t23-/m0/s1. The van der Waals surface area contributed by atoms with E-state index in [2.05, 4.69) is 33.3 Å². The van der Waals surface area contributed by atoms with Gasteiger partial charge in [0.2, 0.25) is 5.91 Å². The third-order valence-corrected chi connectivity index (χ3v) is 6.16. The summed E-state index contributed by atoms with van der Waals surface area (Å²) in [7, 11) is 0. The fraction of sp³-hybridized carbons (Fsp3) is 0.261. The highest BCUT2D eigenvalue weighted by atomic mass is 32.1. The number of phenolic OH excluding ortho intramolecular Hbond substituents is 1. The molecule has 2 N–H and O–H groups in total. The molecule has 1 atom stereocenters. The molecule has 0 bridgehead atoms. The Labute approximate surface area is 175 Å². The number of benzene rings is 2. The van der Waals surface area contributed by atoms with E-state index < -0.39 is 0 Å². The second-order valence-electron chi connectivity index (χ2n) is 7.21. The molecule has 1 aromatic heterocycles. The monoisotopic (exact) mass is 407 g/mol. The van der Waals surface area contributed by atoms with Gasteiger partial charge in [0, 0.05) is 36.7 Å². The Bertz CT molecular complexity index is 905. The average molecular weight is 408 g/mol. The summed E-state index contributed by atoms with van der Waals surface area (Å²) in [5, 5.41) is 14.7. The lowest BCUT2D eigenvalue weighted by molar-refractivity contribution is -0.122. The summed E-state index contributed by atoms with van der Waals surface area (Å²) in [6.07, 6.45) is 0. The number of anilines is 1. The highest BCUT2D eigenvalue weighted by Crippen LogP contribution is 2.26. The molecule has 5 nitrogen and oxygen atoms in total. The van der Waals surface area contributed by atoms with Crippen LogP contribution in [0.1, 0.15) is 16.5 Å². The molecule has 1 aliphatic rings. The fourth-order valence-corrected chi connectivity index (χ4v) is 4.46. The summed E-state index contributed by atoms with van der Waals surface area (Å²) in [6.45, 7) is 3.81. The van der Waals surface area contributed by atoms with Gasteiger partial charge < -0.3 is 15.3 Å². The number of rotatable bonds is 6. The van der Waals surface area contributed by atoms with Gasteiger partial charge in [-0.15, -0.1) is 11.3 Å². The van der Waals surface area contributed by atoms with E-state index in [4.69, 9.17) is 0 Å². The topological polar surface area (TPSA) is 55.8 Å². The van der Waals surface area contributed by atoms with Gasteiger partial charge in [-0.1, -0.05) is 36.4 Å². The lowest BCUT2D eigenvalue weighted by Gasteiger charge is -2.36. The van der Waals surface area contributed by atoms with Crippen molar-refractivity contribution in [1.82, 2.24) is 10.2 Å². The van der Waals surface area contributed by atoms with Crippen molar-refractivity contribution in [2.75, 3.05) is 37.6 Å². The summed E-state index contributed by atoms with van der Waals surface area (Å²) >= 11 is 1.66. The molecule has 4 rings (SSSR count). The van der Waals surface area contributed by atoms with Crippen LogP contribution in [-0.2, 0) is 4.79 Å². The molecule has 0 unspecified atom stereocenters. The number of phenols is 1. The van der Waals surface area contributed by atoms with E-state index in [1.54, 1.807) is 23.5 Å². The number of nitrogens with one attached hydrogen (secondary N) is 1. The molecule has 1 saturated heterocycles. The van der Waals surface area contributed by atoms with Crippen LogP contribution in [0.25, 0.3) is 0 Å². The van der Waals surface area contributed by atoms with Gasteiger partial charge in [-0.25, -0.2) is 0 Å². The van der Waals surface area contributed by atoms with Gasteiger partial charge in [0.25, 0.3) is 0 Å². The molecule has 1 amide bonds. The summed E-state index contributed by atoms with van der Waals surface area (Å²) in [5.74, 6) is 0.327. The van der Waals surface area contributed by atoms with E-state index in [0.29, 0.717) is 6.54 Å². The highest BCUT2D eigenvalue weighted by Gasteiger charge is 2.22. The van der Waals surface area contributed by atoms with E-state index in [-0.39, 0.29) is 17.7 Å². The van der Waals surface area contributed by atoms with Crippen LogP contribution >= 0.6 is 11.3 Å². The predicted octanol–water partition coefficient (Wildman–Crippen LogP) is 3.48. The third-order valence-electron chi connectivity index (χ3n) is 5.22. The molecule has 0 aliphatic carbocycles. The summed E-state index contributed by atoms with van der Waals surface area (Å²) in [6, 6.07) is 21.4. The lowest BCUT2D eigenvalue weighted by atomic mass is 10.1. The molecule has 29 heavy (non-hydrogen) atoms. The van der Waals surface area contributed by atoms with Gasteiger partial charge in [0.1, 0.15) is 5.75 Å². The summed E-state index contributed by atoms with van der Waals surface area (Å²) in [4.78, 5) is 18.4. The van der Waals surface area contributed by atoms with Crippen molar-refractivity contribution in [2.24, 2.45) is 0 Å². The maximum absolute atomic E-state index is 12.8. The molecule has 2 aromatic carbocycles. The van der Waals surface area contributed by atoms with Gasteiger partial charge in [-0.05, 0) is 41.3 Å². The van der Waals surface area contributed by atoms with Crippen molar-refractivity contribution in [1.29, 1.82) is 0 Å². The van der Waals surface area contributed by atoms with Crippen LogP contribution in [0, 0.1) is 0 Å². The molecule has 2 heterocycles. The number of carbonyl (C=O) groups is 1. The number of nitrogens with zero attached hydrogens (tertiary/aromatic N) is 2. The smallest absolute Gasteiger partial charge is 0.234 e. The zero-order valence-electron chi connectivity index (χ0n) is 16.2. The Hall–Kier alpha value is -2.83. The van der Waals surface area contributed by atoms with Crippen LogP contribution < -0.4 is 10.2 Å².